The summed E-state index contributed by atoms with van der Waals surface area (Å²) in [4.78, 5) is 15.3. The molecule has 5 heteroatoms. The largest absolute Gasteiger partial charge is 0.423 e. The van der Waals surface area contributed by atoms with Crippen LogP contribution < -0.4 is 5.63 Å². The maximum atomic E-state index is 11.4. The topological polar surface area (TPSA) is 43.1 Å². The molecule has 1 heterocycles. The van der Waals surface area contributed by atoms with Gasteiger partial charge in [0.1, 0.15) is 5.76 Å². The van der Waals surface area contributed by atoms with Crippen LogP contribution in [0.4, 0.5) is 0 Å². The molecule has 0 amide bonds. The summed E-state index contributed by atoms with van der Waals surface area (Å²) < 4.78 is 5.45. The first kappa shape index (κ1) is 18.0. The predicted molar refractivity (Wildman–Crippen MR) is 91.4 cm³/mol. The van der Waals surface area contributed by atoms with E-state index in [2.05, 4.69) is 11.9 Å². The van der Waals surface area contributed by atoms with Gasteiger partial charge in [0.05, 0.1) is 0 Å². The Morgan fingerprint density at radius 2 is 1.60 bits per heavy atom. The first-order chi connectivity index (χ1) is 9.65. The molecule has 3 nitrogen and oxygen atoms in total. The molecule has 0 aromatic carbocycles. The lowest BCUT2D eigenvalue weighted by Crippen LogP contribution is -2.09. The van der Waals surface area contributed by atoms with Crippen LogP contribution in [0.3, 0.4) is 0 Å². The molecule has 0 aliphatic carbocycles. The van der Waals surface area contributed by atoms with Crippen LogP contribution in [-0.4, -0.2) is 4.98 Å². The van der Waals surface area contributed by atoms with Gasteiger partial charge in [0.2, 0.25) is 0 Å². The first-order valence-corrected chi connectivity index (χ1v) is 8.95. The van der Waals surface area contributed by atoms with E-state index in [1.54, 1.807) is 0 Å². The van der Waals surface area contributed by atoms with Gasteiger partial charge in [-0.3, -0.25) is 0 Å². The van der Waals surface area contributed by atoms with E-state index in [4.69, 9.17) is 16.0 Å². The van der Waals surface area contributed by atoms with Crippen molar-refractivity contribution in [3.8, 4) is 0 Å². The van der Waals surface area contributed by atoms with E-state index in [9.17, 15) is 4.79 Å². The zero-order chi connectivity index (χ0) is 14.8. The molecule has 0 aliphatic heterocycles. The van der Waals surface area contributed by atoms with Crippen LogP contribution in [-0.2, 0) is 6.42 Å². The van der Waals surface area contributed by atoms with E-state index >= 15 is 0 Å². The molecule has 0 saturated carbocycles. The molecular weight excluding hydrogens is 389 g/mol. The highest BCUT2D eigenvalue weighted by Gasteiger charge is 2.09. The molecule has 0 N–H and O–H groups in total. The number of nitrogens with zero attached hydrogens (tertiary/aromatic N) is 1. The molecular formula is C15H23ClINO2. The van der Waals surface area contributed by atoms with Crippen LogP contribution in [0.1, 0.15) is 70.5 Å². The summed E-state index contributed by atoms with van der Waals surface area (Å²) in [5, 5.41) is 0.327. The van der Waals surface area contributed by atoms with Crippen LogP contribution in [0.15, 0.2) is 9.21 Å². The Labute approximate surface area is 139 Å². The molecule has 0 spiro atoms. The normalized spacial score (nSPS) is 10.9. The number of rotatable bonds is 10. The van der Waals surface area contributed by atoms with Gasteiger partial charge in [-0.05, 0) is 29.0 Å². The molecule has 0 unspecified atom stereocenters. The van der Waals surface area contributed by atoms with E-state index in [0.29, 0.717) is 21.0 Å². The molecule has 0 bridgehead atoms. The second-order valence-electron chi connectivity index (χ2n) is 5.08. The van der Waals surface area contributed by atoms with Gasteiger partial charge < -0.3 is 4.42 Å². The van der Waals surface area contributed by atoms with Crippen molar-refractivity contribution in [1.29, 1.82) is 0 Å². The Morgan fingerprint density at radius 3 is 2.20 bits per heavy atom. The Kier molecular flexibility index (Phi) is 9.52. The predicted octanol–water partition coefficient (Wildman–Crippen LogP) is 5.37. The summed E-state index contributed by atoms with van der Waals surface area (Å²) in [6.45, 7) is 2.24. The van der Waals surface area contributed by atoms with Crippen LogP contribution in [0, 0.1) is 3.70 Å². The molecule has 1 aromatic heterocycles. The highest BCUT2D eigenvalue weighted by atomic mass is 127. The summed E-state index contributed by atoms with van der Waals surface area (Å²) in [5.74, 6) is 0.528. The van der Waals surface area contributed by atoms with Gasteiger partial charge in [0.25, 0.3) is 0 Å². The van der Waals surface area contributed by atoms with Gasteiger partial charge in [0, 0.05) is 6.42 Å². The first-order valence-electron chi connectivity index (χ1n) is 7.50. The lowest BCUT2D eigenvalue weighted by atomic mass is 10.1. The number of halogens is 2. The van der Waals surface area contributed by atoms with Gasteiger partial charge in [-0.1, -0.05) is 69.9 Å². The second kappa shape index (κ2) is 10.6. The Morgan fingerprint density at radius 1 is 1.05 bits per heavy atom. The van der Waals surface area contributed by atoms with Crippen molar-refractivity contribution in [2.45, 2.75) is 71.1 Å². The lowest BCUT2D eigenvalue weighted by Gasteiger charge is -2.03. The quantitative estimate of drug-likeness (QED) is 0.384. The van der Waals surface area contributed by atoms with Gasteiger partial charge in [-0.25, -0.2) is 9.78 Å². The maximum absolute atomic E-state index is 11.4. The van der Waals surface area contributed by atoms with Gasteiger partial charge in [-0.15, -0.1) is 0 Å². The van der Waals surface area contributed by atoms with Crippen molar-refractivity contribution in [3.05, 3.63) is 25.0 Å². The van der Waals surface area contributed by atoms with Crippen molar-refractivity contribution < 1.29 is 4.42 Å². The average molecular weight is 412 g/mol. The van der Waals surface area contributed by atoms with Gasteiger partial charge >= 0.3 is 5.63 Å². The second-order valence-corrected chi connectivity index (χ2v) is 6.46. The number of aryl methyl sites for hydroxylation is 1. The van der Waals surface area contributed by atoms with Crippen molar-refractivity contribution in [2.24, 2.45) is 0 Å². The number of hydrogen-bond donors (Lipinski definition) is 0. The van der Waals surface area contributed by atoms with E-state index in [0.717, 1.165) is 12.8 Å². The Hall–Kier alpha value is -0.100. The van der Waals surface area contributed by atoms with Crippen LogP contribution >= 0.6 is 34.2 Å². The minimum atomic E-state index is -0.388. The summed E-state index contributed by atoms with van der Waals surface area (Å²) in [5.41, 5.74) is -0.388. The third kappa shape index (κ3) is 7.07. The summed E-state index contributed by atoms with van der Waals surface area (Å²) in [7, 11) is 0. The minimum Gasteiger partial charge on any atom is -0.423 e. The molecule has 0 fully saturated rings. The third-order valence-corrected chi connectivity index (χ3v) is 4.30. The fraction of sp³-hybridized carbons (Fsp3) is 0.733. The van der Waals surface area contributed by atoms with E-state index < -0.39 is 0 Å². The fourth-order valence-corrected chi connectivity index (χ4v) is 2.85. The summed E-state index contributed by atoms with van der Waals surface area (Å²) in [6.07, 6.45) is 12.1. The SMILES string of the molecule is CCCCCCCCCCCc1oc(=O)c(I)nc1Cl. The zero-order valence-electron chi connectivity index (χ0n) is 12.1. The standard InChI is InChI=1S/C15H23ClINO2/c1-2-3-4-5-6-7-8-9-10-11-12-13(16)18-14(17)15(19)20-12/h2-11H2,1H3. The highest BCUT2D eigenvalue weighted by molar-refractivity contribution is 14.1. The molecule has 1 rings (SSSR count). The number of unbranched alkanes of at least 4 members (excludes halogenated alkanes) is 8. The minimum absolute atomic E-state index is 0.295. The molecule has 0 radical (unpaired) electrons. The van der Waals surface area contributed by atoms with Crippen LogP contribution in [0.25, 0.3) is 0 Å². The number of hydrogen-bond acceptors (Lipinski definition) is 3. The summed E-state index contributed by atoms with van der Waals surface area (Å²) in [6, 6.07) is 0. The third-order valence-electron chi connectivity index (χ3n) is 3.32. The van der Waals surface area contributed by atoms with E-state index in [1.165, 1.54) is 44.9 Å². The van der Waals surface area contributed by atoms with E-state index in [-0.39, 0.29) is 5.63 Å². The lowest BCUT2D eigenvalue weighted by molar-refractivity contribution is 0.436. The average Bonchev–Trinajstić information content (AvgIpc) is 2.42. The maximum Gasteiger partial charge on any atom is 0.368 e. The van der Waals surface area contributed by atoms with Crippen LogP contribution in [0.2, 0.25) is 5.15 Å². The zero-order valence-corrected chi connectivity index (χ0v) is 15.0. The Bertz CT molecular complexity index is 448. The molecule has 114 valence electrons. The van der Waals surface area contributed by atoms with Crippen molar-refractivity contribution >= 4 is 34.2 Å². The van der Waals surface area contributed by atoms with Gasteiger partial charge in [-0.2, -0.15) is 0 Å². The smallest absolute Gasteiger partial charge is 0.368 e. The highest BCUT2D eigenvalue weighted by Crippen LogP contribution is 2.16. The van der Waals surface area contributed by atoms with Crippen molar-refractivity contribution in [2.75, 3.05) is 0 Å². The van der Waals surface area contributed by atoms with Crippen LogP contribution in [0.5, 0.6) is 0 Å². The molecule has 0 saturated heterocycles. The van der Waals surface area contributed by atoms with Gasteiger partial charge in [0.15, 0.2) is 8.85 Å². The molecule has 20 heavy (non-hydrogen) atoms. The van der Waals surface area contributed by atoms with Crippen molar-refractivity contribution in [3.63, 3.8) is 0 Å². The van der Waals surface area contributed by atoms with E-state index in [1.807, 2.05) is 22.6 Å². The van der Waals surface area contributed by atoms with Crippen molar-refractivity contribution in [1.82, 2.24) is 4.98 Å². The molecule has 0 aliphatic rings. The molecule has 1 aromatic rings. The monoisotopic (exact) mass is 411 g/mol. The molecule has 0 atom stereocenters. The Balaban J connectivity index is 2.13. The fourth-order valence-electron chi connectivity index (χ4n) is 2.14. The summed E-state index contributed by atoms with van der Waals surface area (Å²) >= 11 is 7.80. The number of aromatic nitrogens is 1.